The van der Waals surface area contributed by atoms with Crippen molar-refractivity contribution in [3.05, 3.63) is 24.3 Å². The van der Waals surface area contributed by atoms with E-state index in [9.17, 15) is 13.2 Å². The van der Waals surface area contributed by atoms with Crippen molar-refractivity contribution in [2.24, 2.45) is 11.8 Å². The van der Waals surface area contributed by atoms with Gasteiger partial charge in [-0.25, -0.2) is 8.42 Å². The molecule has 0 spiro atoms. The number of hydrogen-bond donors (Lipinski definition) is 1. The Balaban J connectivity index is 2.13. The number of amides is 1. The molecular weight excluding hydrogens is 328 g/mol. The van der Waals surface area contributed by atoms with Crippen LogP contribution in [0.25, 0.3) is 0 Å². The molecule has 24 heavy (non-hydrogen) atoms. The maximum atomic E-state index is 12.7. The van der Waals surface area contributed by atoms with Gasteiger partial charge in [-0.05, 0) is 43.0 Å². The van der Waals surface area contributed by atoms with Crippen LogP contribution in [-0.4, -0.2) is 33.7 Å². The second kappa shape index (κ2) is 8.15. The lowest BCUT2D eigenvalue weighted by Gasteiger charge is -2.30. The van der Waals surface area contributed by atoms with Crippen LogP contribution in [0, 0.1) is 23.2 Å². The molecule has 1 fully saturated rings. The second-order valence-corrected chi connectivity index (χ2v) is 8.02. The first-order chi connectivity index (χ1) is 11.5. The molecule has 7 heteroatoms. The molecular formula is C17H22N2O4S. The van der Waals surface area contributed by atoms with Crippen molar-refractivity contribution in [2.45, 2.75) is 30.6 Å². The summed E-state index contributed by atoms with van der Waals surface area (Å²) in [6, 6.07) is 8.17. The van der Waals surface area contributed by atoms with Gasteiger partial charge in [0.25, 0.3) is 0 Å². The number of nitrogens with one attached hydrogen (secondary N) is 1. The summed E-state index contributed by atoms with van der Waals surface area (Å²) in [5, 5.41) is 11.1. The summed E-state index contributed by atoms with van der Waals surface area (Å²) in [7, 11) is -1.95. The van der Waals surface area contributed by atoms with Crippen molar-refractivity contribution in [3.8, 4) is 11.8 Å². The van der Waals surface area contributed by atoms with Gasteiger partial charge in [-0.3, -0.25) is 4.79 Å². The van der Waals surface area contributed by atoms with Gasteiger partial charge in [0.15, 0.2) is 9.84 Å². The number of carbonyl (C=O) groups is 1. The molecule has 0 bridgehead atoms. The van der Waals surface area contributed by atoms with Crippen LogP contribution in [0.15, 0.2) is 29.2 Å². The number of rotatable bonds is 6. The van der Waals surface area contributed by atoms with Gasteiger partial charge in [-0.15, -0.1) is 0 Å². The van der Waals surface area contributed by atoms with Crippen LogP contribution in [-0.2, 0) is 14.6 Å². The normalized spacial score (nSPS) is 20.8. The minimum Gasteiger partial charge on any atom is -0.497 e. The molecule has 0 aliphatic heterocycles. The second-order valence-electron chi connectivity index (χ2n) is 5.98. The van der Waals surface area contributed by atoms with Crippen molar-refractivity contribution in [1.29, 1.82) is 5.26 Å². The number of hydrogen-bond acceptors (Lipinski definition) is 5. The lowest BCUT2D eigenvalue weighted by molar-refractivity contribution is -0.127. The molecule has 1 aromatic carbocycles. The Morgan fingerprint density at radius 1 is 1.29 bits per heavy atom. The quantitative estimate of drug-likeness (QED) is 0.791. The van der Waals surface area contributed by atoms with Gasteiger partial charge < -0.3 is 10.1 Å². The summed E-state index contributed by atoms with van der Waals surface area (Å²) in [6.07, 6.45) is 3.20. The van der Waals surface area contributed by atoms with E-state index in [4.69, 9.17) is 10.00 Å². The fourth-order valence-corrected chi connectivity index (χ4v) is 4.88. The van der Waals surface area contributed by atoms with Crippen molar-refractivity contribution in [3.63, 3.8) is 0 Å². The molecule has 1 amide bonds. The topological polar surface area (TPSA) is 96.3 Å². The summed E-state index contributed by atoms with van der Waals surface area (Å²) in [5.74, 6) is -0.236. The molecule has 1 N–H and O–H groups in total. The van der Waals surface area contributed by atoms with Gasteiger partial charge in [-0.2, -0.15) is 5.26 Å². The summed E-state index contributed by atoms with van der Waals surface area (Å²) in [5.41, 5.74) is 0. The van der Waals surface area contributed by atoms with Crippen LogP contribution in [0.1, 0.15) is 25.7 Å². The summed E-state index contributed by atoms with van der Waals surface area (Å²) >= 11 is 0. The smallest absolute Gasteiger partial charge is 0.224 e. The van der Waals surface area contributed by atoms with Crippen molar-refractivity contribution in [1.82, 2.24) is 5.32 Å². The molecule has 0 saturated heterocycles. The Morgan fingerprint density at radius 2 is 1.96 bits per heavy atom. The van der Waals surface area contributed by atoms with E-state index < -0.39 is 9.84 Å². The first kappa shape index (κ1) is 18.3. The number of methoxy groups -OCH3 is 1. The van der Waals surface area contributed by atoms with Gasteiger partial charge in [0.05, 0.1) is 23.8 Å². The highest BCUT2D eigenvalue weighted by Gasteiger charge is 2.34. The summed E-state index contributed by atoms with van der Waals surface area (Å²) in [6.45, 7) is -0.0483. The Hall–Kier alpha value is -2.07. The number of benzene rings is 1. The van der Waals surface area contributed by atoms with E-state index in [-0.39, 0.29) is 34.9 Å². The monoisotopic (exact) mass is 350 g/mol. The van der Waals surface area contributed by atoms with Crippen LogP contribution in [0.5, 0.6) is 5.75 Å². The molecule has 1 aliphatic carbocycles. The Bertz CT molecular complexity index is 707. The van der Waals surface area contributed by atoms with Crippen LogP contribution in [0.4, 0.5) is 0 Å². The van der Waals surface area contributed by atoms with Crippen molar-refractivity contribution in [2.75, 3.05) is 19.4 Å². The molecule has 130 valence electrons. The molecule has 0 heterocycles. The third-order valence-corrected chi connectivity index (χ3v) is 6.30. The Morgan fingerprint density at radius 3 is 2.58 bits per heavy atom. The highest BCUT2D eigenvalue weighted by molar-refractivity contribution is 7.91. The zero-order chi connectivity index (χ0) is 17.6. The van der Waals surface area contributed by atoms with Crippen LogP contribution >= 0.6 is 0 Å². The molecule has 6 nitrogen and oxygen atoms in total. The van der Waals surface area contributed by atoms with E-state index in [1.165, 1.54) is 19.2 Å². The lowest BCUT2D eigenvalue weighted by atomic mass is 9.80. The standard InChI is InChI=1S/C17H22N2O4S/c1-23-14-6-8-15(9-7-14)24(21,22)12-13-4-2-3-5-16(13)17(20)19-11-10-18/h6-9,13,16H,2-5,11-12H2,1H3,(H,19,20)/t13-,16+/m1/s1. The number of ether oxygens (including phenoxy) is 1. The fourth-order valence-electron chi connectivity index (χ4n) is 3.17. The van der Waals surface area contributed by atoms with Gasteiger partial charge in [0.2, 0.25) is 5.91 Å². The number of nitrogens with zero attached hydrogens (tertiary/aromatic N) is 1. The van der Waals surface area contributed by atoms with Crippen LogP contribution < -0.4 is 10.1 Å². The predicted molar refractivity (Wildman–Crippen MR) is 89.1 cm³/mol. The Labute approximate surface area is 142 Å². The lowest BCUT2D eigenvalue weighted by Crippen LogP contribution is -2.39. The maximum Gasteiger partial charge on any atom is 0.224 e. The van der Waals surface area contributed by atoms with Crippen LogP contribution in [0.3, 0.4) is 0 Å². The van der Waals surface area contributed by atoms with E-state index in [2.05, 4.69) is 5.32 Å². The summed E-state index contributed by atoms with van der Waals surface area (Å²) < 4.78 is 30.4. The minimum atomic E-state index is -3.47. The predicted octanol–water partition coefficient (Wildman–Crippen LogP) is 1.92. The van der Waals surface area contributed by atoms with E-state index in [0.717, 1.165) is 12.8 Å². The van der Waals surface area contributed by atoms with Gasteiger partial charge in [-0.1, -0.05) is 12.8 Å². The number of sulfone groups is 1. The zero-order valence-electron chi connectivity index (χ0n) is 13.7. The molecule has 0 radical (unpaired) electrons. The molecule has 2 rings (SSSR count). The van der Waals surface area contributed by atoms with E-state index in [1.807, 2.05) is 6.07 Å². The fraction of sp³-hybridized carbons (Fsp3) is 0.529. The molecule has 1 saturated carbocycles. The maximum absolute atomic E-state index is 12.7. The average Bonchev–Trinajstić information content (AvgIpc) is 2.60. The highest BCUT2D eigenvalue weighted by atomic mass is 32.2. The molecule has 1 aliphatic rings. The minimum absolute atomic E-state index is 0.0483. The first-order valence-corrected chi connectivity index (χ1v) is 9.64. The molecule has 2 atom stereocenters. The highest BCUT2D eigenvalue weighted by Crippen LogP contribution is 2.33. The van der Waals surface area contributed by atoms with E-state index in [1.54, 1.807) is 12.1 Å². The van der Waals surface area contributed by atoms with Gasteiger partial charge in [0, 0.05) is 5.92 Å². The van der Waals surface area contributed by atoms with Gasteiger partial charge >= 0.3 is 0 Å². The van der Waals surface area contributed by atoms with E-state index in [0.29, 0.717) is 18.6 Å². The SMILES string of the molecule is COc1ccc(S(=O)(=O)C[C@H]2CCCC[C@@H]2C(=O)NCC#N)cc1. The summed E-state index contributed by atoms with van der Waals surface area (Å²) in [4.78, 5) is 12.4. The Kier molecular flexibility index (Phi) is 6.21. The van der Waals surface area contributed by atoms with Gasteiger partial charge in [0.1, 0.15) is 12.3 Å². The molecule has 0 unspecified atom stereocenters. The molecule has 1 aromatic rings. The van der Waals surface area contributed by atoms with Crippen LogP contribution in [0.2, 0.25) is 0 Å². The molecule has 0 aromatic heterocycles. The van der Waals surface area contributed by atoms with Crippen molar-refractivity contribution >= 4 is 15.7 Å². The largest absolute Gasteiger partial charge is 0.497 e. The number of nitriles is 1. The third-order valence-electron chi connectivity index (χ3n) is 4.44. The first-order valence-electron chi connectivity index (χ1n) is 7.99. The number of carbonyl (C=O) groups excluding carboxylic acids is 1. The van der Waals surface area contributed by atoms with Crippen molar-refractivity contribution < 1.29 is 17.9 Å². The third kappa shape index (κ3) is 4.48. The van der Waals surface area contributed by atoms with E-state index >= 15 is 0 Å². The zero-order valence-corrected chi connectivity index (χ0v) is 14.5. The average molecular weight is 350 g/mol.